The molecule has 0 heterocycles. The third-order valence-corrected chi connectivity index (χ3v) is 4.07. The third kappa shape index (κ3) is 3.54. The fourth-order valence-electron chi connectivity index (χ4n) is 2.92. The van der Waals surface area contributed by atoms with E-state index in [1.165, 1.54) is 21.9 Å². The molecule has 2 aromatic carbocycles. The van der Waals surface area contributed by atoms with E-state index >= 15 is 0 Å². The number of allylic oxidation sites excluding steroid dienone is 4. The number of rotatable bonds is 5. The number of hydrogen-bond donors (Lipinski definition) is 0. The first-order chi connectivity index (χ1) is 10.5. The number of carbonyl (C=O) groups excluding carboxylic acids is 1. The minimum absolute atomic E-state index is 0.191. The van der Waals surface area contributed by atoms with Crippen LogP contribution in [0.4, 0.5) is 0 Å². The molecule has 1 unspecified atom stereocenters. The Balaban J connectivity index is 2.66. The minimum atomic E-state index is -0.191. The molecular formula is C21H24O. The molecule has 0 amide bonds. The third-order valence-electron chi connectivity index (χ3n) is 4.07. The molecule has 22 heavy (non-hydrogen) atoms. The molecular weight excluding hydrogens is 268 g/mol. The van der Waals surface area contributed by atoms with Gasteiger partial charge in [0, 0.05) is 5.41 Å². The highest BCUT2D eigenvalue weighted by Gasteiger charge is 2.25. The van der Waals surface area contributed by atoms with E-state index in [-0.39, 0.29) is 5.41 Å². The van der Waals surface area contributed by atoms with Gasteiger partial charge in [0.15, 0.2) is 0 Å². The van der Waals surface area contributed by atoms with Gasteiger partial charge >= 0.3 is 0 Å². The van der Waals surface area contributed by atoms with Crippen LogP contribution in [-0.2, 0) is 10.2 Å². The molecule has 1 atom stereocenters. The average Bonchev–Trinajstić information content (AvgIpc) is 2.52. The standard InChI is InChI=1S/C21H24O/c1-16(2)12-13-21(4,14-17(3)15-22)20-11-7-9-18-8-5-6-10-19(18)20/h5-12,14-15H,13H2,1-4H3/b17-14+. The van der Waals surface area contributed by atoms with Crippen LogP contribution >= 0.6 is 0 Å². The second-order valence-corrected chi connectivity index (χ2v) is 6.44. The van der Waals surface area contributed by atoms with Crippen molar-refractivity contribution in [3.63, 3.8) is 0 Å². The Labute approximate surface area is 133 Å². The molecule has 2 aromatic rings. The molecule has 1 nitrogen and oxygen atoms in total. The first-order valence-electron chi connectivity index (χ1n) is 7.72. The highest BCUT2D eigenvalue weighted by Crippen LogP contribution is 2.36. The number of fused-ring (bicyclic) bond motifs is 1. The summed E-state index contributed by atoms with van der Waals surface area (Å²) in [4.78, 5) is 11.1. The number of hydrogen-bond acceptors (Lipinski definition) is 1. The Hall–Kier alpha value is -2.15. The molecule has 0 aromatic heterocycles. The van der Waals surface area contributed by atoms with Crippen molar-refractivity contribution in [2.24, 2.45) is 0 Å². The lowest BCUT2D eigenvalue weighted by Crippen LogP contribution is -2.19. The fraction of sp³-hybridized carbons (Fsp3) is 0.286. The molecule has 0 bridgehead atoms. The lowest BCUT2D eigenvalue weighted by atomic mass is 9.76. The first-order valence-corrected chi connectivity index (χ1v) is 7.72. The summed E-state index contributed by atoms with van der Waals surface area (Å²) in [6.45, 7) is 8.31. The largest absolute Gasteiger partial charge is 0.298 e. The van der Waals surface area contributed by atoms with E-state index in [0.717, 1.165) is 18.3 Å². The monoisotopic (exact) mass is 292 g/mol. The molecule has 0 fully saturated rings. The van der Waals surface area contributed by atoms with Crippen LogP contribution in [0, 0.1) is 0 Å². The SMILES string of the molecule is CC(C)=CCC(C)(/C=C(\C)C=O)c1cccc2ccccc12. The zero-order valence-corrected chi connectivity index (χ0v) is 13.9. The van der Waals surface area contributed by atoms with Crippen molar-refractivity contribution >= 4 is 17.1 Å². The molecule has 0 spiro atoms. The van der Waals surface area contributed by atoms with E-state index < -0.39 is 0 Å². The van der Waals surface area contributed by atoms with Crippen LogP contribution in [0.25, 0.3) is 10.8 Å². The Morgan fingerprint density at radius 3 is 2.41 bits per heavy atom. The molecule has 0 N–H and O–H groups in total. The lowest BCUT2D eigenvalue weighted by molar-refractivity contribution is -0.104. The molecule has 2 rings (SSSR count). The van der Waals surface area contributed by atoms with E-state index in [4.69, 9.17) is 0 Å². The van der Waals surface area contributed by atoms with Gasteiger partial charge in [0.2, 0.25) is 0 Å². The summed E-state index contributed by atoms with van der Waals surface area (Å²) in [6, 6.07) is 14.8. The molecule has 0 aliphatic rings. The summed E-state index contributed by atoms with van der Waals surface area (Å²) >= 11 is 0. The molecule has 0 saturated heterocycles. The number of benzene rings is 2. The van der Waals surface area contributed by atoms with Gasteiger partial charge < -0.3 is 0 Å². The van der Waals surface area contributed by atoms with Crippen LogP contribution in [0.1, 0.15) is 39.7 Å². The van der Waals surface area contributed by atoms with Crippen LogP contribution in [-0.4, -0.2) is 6.29 Å². The average molecular weight is 292 g/mol. The van der Waals surface area contributed by atoms with Crippen molar-refractivity contribution in [2.45, 2.75) is 39.5 Å². The zero-order chi connectivity index (χ0) is 16.2. The van der Waals surface area contributed by atoms with Gasteiger partial charge in [-0.05, 0) is 49.1 Å². The summed E-state index contributed by atoms with van der Waals surface area (Å²) in [6.07, 6.45) is 6.16. The van der Waals surface area contributed by atoms with E-state index in [0.29, 0.717) is 0 Å². The van der Waals surface area contributed by atoms with Gasteiger partial charge in [0.25, 0.3) is 0 Å². The highest BCUT2D eigenvalue weighted by molar-refractivity contribution is 5.87. The van der Waals surface area contributed by atoms with Gasteiger partial charge in [0.1, 0.15) is 6.29 Å². The Kier molecular flexibility index (Phi) is 4.97. The van der Waals surface area contributed by atoms with Gasteiger partial charge in [-0.15, -0.1) is 0 Å². The van der Waals surface area contributed by atoms with Crippen LogP contribution < -0.4 is 0 Å². The lowest BCUT2D eigenvalue weighted by Gasteiger charge is -2.28. The Bertz CT molecular complexity index is 727. The van der Waals surface area contributed by atoms with Gasteiger partial charge in [-0.25, -0.2) is 0 Å². The van der Waals surface area contributed by atoms with Crippen molar-refractivity contribution in [1.82, 2.24) is 0 Å². The topological polar surface area (TPSA) is 17.1 Å². The van der Waals surface area contributed by atoms with Crippen LogP contribution in [0.5, 0.6) is 0 Å². The first kappa shape index (κ1) is 16.2. The van der Waals surface area contributed by atoms with Gasteiger partial charge in [-0.1, -0.05) is 67.1 Å². The van der Waals surface area contributed by atoms with Crippen LogP contribution in [0.3, 0.4) is 0 Å². The fourth-order valence-corrected chi connectivity index (χ4v) is 2.92. The van der Waals surface area contributed by atoms with Gasteiger partial charge in [-0.3, -0.25) is 4.79 Å². The highest BCUT2D eigenvalue weighted by atomic mass is 16.1. The maximum Gasteiger partial charge on any atom is 0.145 e. The quantitative estimate of drug-likeness (QED) is 0.398. The van der Waals surface area contributed by atoms with Crippen molar-refractivity contribution in [2.75, 3.05) is 0 Å². The zero-order valence-electron chi connectivity index (χ0n) is 13.9. The maximum atomic E-state index is 11.1. The molecule has 114 valence electrons. The maximum absolute atomic E-state index is 11.1. The van der Waals surface area contributed by atoms with Crippen LogP contribution in [0.15, 0.2) is 65.8 Å². The number of carbonyl (C=O) groups is 1. The molecule has 0 saturated carbocycles. The van der Waals surface area contributed by atoms with Gasteiger partial charge in [0.05, 0.1) is 0 Å². The minimum Gasteiger partial charge on any atom is -0.298 e. The summed E-state index contributed by atoms with van der Waals surface area (Å²) in [5.74, 6) is 0. The van der Waals surface area contributed by atoms with E-state index in [1.807, 2.05) is 6.92 Å². The summed E-state index contributed by atoms with van der Waals surface area (Å²) in [5, 5.41) is 2.49. The molecule has 1 heteroatoms. The number of aldehydes is 1. The summed E-state index contributed by atoms with van der Waals surface area (Å²) in [5.41, 5.74) is 3.15. The van der Waals surface area contributed by atoms with Gasteiger partial charge in [-0.2, -0.15) is 0 Å². The Morgan fingerprint density at radius 1 is 1.05 bits per heavy atom. The predicted octanol–water partition coefficient (Wildman–Crippen LogP) is 5.60. The van der Waals surface area contributed by atoms with E-state index in [9.17, 15) is 4.79 Å². The predicted molar refractivity (Wildman–Crippen MR) is 95.2 cm³/mol. The second-order valence-electron chi connectivity index (χ2n) is 6.44. The van der Waals surface area contributed by atoms with Crippen molar-refractivity contribution < 1.29 is 4.79 Å². The van der Waals surface area contributed by atoms with Crippen molar-refractivity contribution in [3.05, 3.63) is 71.3 Å². The molecule has 0 radical (unpaired) electrons. The van der Waals surface area contributed by atoms with Crippen molar-refractivity contribution in [1.29, 1.82) is 0 Å². The van der Waals surface area contributed by atoms with Crippen LogP contribution in [0.2, 0.25) is 0 Å². The Morgan fingerprint density at radius 2 is 1.73 bits per heavy atom. The summed E-state index contributed by atoms with van der Waals surface area (Å²) < 4.78 is 0. The van der Waals surface area contributed by atoms with E-state index in [1.54, 1.807) is 0 Å². The molecule has 0 aliphatic heterocycles. The van der Waals surface area contributed by atoms with Crippen molar-refractivity contribution in [3.8, 4) is 0 Å². The second kappa shape index (κ2) is 6.74. The van der Waals surface area contributed by atoms with E-state index in [2.05, 4.69) is 75.4 Å². The normalized spacial score (nSPS) is 14.5. The molecule has 0 aliphatic carbocycles. The smallest absolute Gasteiger partial charge is 0.145 e. The summed E-state index contributed by atoms with van der Waals surface area (Å²) in [7, 11) is 0.